The van der Waals surface area contributed by atoms with Gasteiger partial charge in [0.25, 0.3) is 5.91 Å². The molecule has 35 heavy (non-hydrogen) atoms. The van der Waals surface area contributed by atoms with Crippen LogP contribution in [0.15, 0.2) is 6.20 Å². The summed E-state index contributed by atoms with van der Waals surface area (Å²) < 4.78 is 28.8. The molecule has 2 aromatic rings. The van der Waals surface area contributed by atoms with Crippen LogP contribution in [0, 0.1) is 6.92 Å². The highest BCUT2D eigenvalue weighted by molar-refractivity contribution is 7.19. The van der Waals surface area contributed by atoms with Crippen molar-refractivity contribution < 1.29 is 13.6 Å². The van der Waals surface area contributed by atoms with Gasteiger partial charge in [0.15, 0.2) is 5.13 Å². The normalized spacial score (nSPS) is 21.1. The lowest BCUT2D eigenvalue weighted by atomic mass is 9.83. The third-order valence-electron chi connectivity index (χ3n) is 7.46. The highest BCUT2D eigenvalue weighted by atomic mass is 35.5. The van der Waals surface area contributed by atoms with Crippen LogP contribution in [0.5, 0.6) is 0 Å². The lowest BCUT2D eigenvalue weighted by Crippen LogP contribution is -2.44. The van der Waals surface area contributed by atoms with E-state index in [0.29, 0.717) is 29.5 Å². The number of likely N-dealkylation sites (N-methyl/N-ethyl adjacent to an activating group) is 1. The number of aromatic nitrogens is 3. The molecule has 0 atom stereocenters. The van der Waals surface area contributed by atoms with E-state index >= 15 is 0 Å². The number of thiazole rings is 1. The molecule has 2 saturated carbocycles. The molecule has 0 aromatic carbocycles. The van der Waals surface area contributed by atoms with E-state index in [1.807, 2.05) is 6.92 Å². The van der Waals surface area contributed by atoms with Gasteiger partial charge in [0.1, 0.15) is 5.00 Å². The molecule has 2 aliphatic carbocycles. The SMILES string of the molecule is Cc1c(C(=O)Nc2nc(C3CCC3)c(N3CCN(C)CC3)s2)cnn1C1CCC(F)(F)CC1.Cl.Cl. The van der Waals surface area contributed by atoms with Crippen LogP contribution in [-0.2, 0) is 0 Å². The summed E-state index contributed by atoms with van der Waals surface area (Å²) in [6.45, 7) is 5.83. The number of carbonyl (C=O) groups excluding carboxylic acids is 1. The van der Waals surface area contributed by atoms with E-state index in [2.05, 4.69) is 27.3 Å². The van der Waals surface area contributed by atoms with Gasteiger partial charge in [-0.25, -0.2) is 13.8 Å². The first-order chi connectivity index (χ1) is 15.8. The zero-order valence-corrected chi connectivity index (χ0v) is 22.6. The summed E-state index contributed by atoms with van der Waals surface area (Å²) >= 11 is 1.56. The fourth-order valence-electron chi connectivity index (χ4n) is 5.01. The monoisotopic (exact) mass is 550 g/mol. The standard InChI is InChI=1S/C23H32F2N6OS.2ClH/c1-15-18(14-26-31(15)17-6-8-23(24,25)9-7-17)20(32)28-22-27-19(16-4-3-5-16)21(33-22)30-12-10-29(2)11-13-30;;/h14,16-17H,3-13H2,1-2H3,(H,27,28,32);2*1H. The number of halogens is 4. The molecule has 7 nitrogen and oxygen atoms in total. The summed E-state index contributed by atoms with van der Waals surface area (Å²) in [4.78, 5) is 22.7. The molecular weight excluding hydrogens is 517 g/mol. The molecule has 2 aromatic heterocycles. The third kappa shape index (κ3) is 5.92. The fourth-order valence-corrected chi connectivity index (χ4v) is 6.11. The molecule has 196 valence electrons. The van der Waals surface area contributed by atoms with Gasteiger partial charge < -0.3 is 9.80 Å². The summed E-state index contributed by atoms with van der Waals surface area (Å²) in [5, 5.41) is 9.20. The van der Waals surface area contributed by atoms with Crippen molar-refractivity contribution in [1.82, 2.24) is 19.7 Å². The first-order valence-corrected chi connectivity index (χ1v) is 12.8. The maximum atomic E-state index is 13.5. The van der Waals surface area contributed by atoms with Gasteiger partial charge in [-0.3, -0.25) is 14.8 Å². The Morgan fingerprint density at radius 1 is 1.11 bits per heavy atom. The number of piperazine rings is 1. The molecule has 0 radical (unpaired) electrons. The molecule has 1 aliphatic heterocycles. The minimum atomic E-state index is -2.58. The van der Waals surface area contributed by atoms with Crippen molar-refractivity contribution in [2.45, 2.75) is 69.8 Å². The minimum Gasteiger partial charge on any atom is -0.359 e. The zero-order valence-electron chi connectivity index (χ0n) is 20.1. The number of amides is 1. The summed E-state index contributed by atoms with van der Waals surface area (Å²) in [6.07, 6.45) is 5.60. The second-order valence-corrected chi connectivity index (χ2v) is 10.7. The van der Waals surface area contributed by atoms with E-state index < -0.39 is 5.92 Å². The highest BCUT2D eigenvalue weighted by Crippen LogP contribution is 2.45. The van der Waals surface area contributed by atoms with Crippen LogP contribution in [0.25, 0.3) is 0 Å². The van der Waals surface area contributed by atoms with Crippen molar-refractivity contribution in [2.75, 3.05) is 43.4 Å². The van der Waals surface area contributed by atoms with Gasteiger partial charge in [-0.2, -0.15) is 5.10 Å². The lowest BCUT2D eigenvalue weighted by molar-refractivity contribution is -0.0451. The molecule has 3 aliphatic rings. The van der Waals surface area contributed by atoms with Crippen LogP contribution < -0.4 is 10.2 Å². The Bertz CT molecular complexity index is 1010. The number of alkyl halides is 2. The number of nitrogens with one attached hydrogen (secondary N) is 1. The topological polar surface area (TPSA) is 66.3 Å². The predicted octanol–water partition coefficient (Wildman–Crippen LogP) is 5.51. The number of rotatable bonds is 5. The Kier molecular flexibility index (Phi) is 9.05. The number of hydrogen-bond donors (Lipinski definition) is 1. The van der Waals surface area contributed by atoms with Gasteiger partial charge in [0.2, 0.25) is 5.92 Å². The Balaban J connectivity index is 0.00000171. The van der Waals surface area contributed by atoms with Gasteiger partial charge in [0, 0.05) is 50.6 Å². The summed E-state index contributed by atoms with van der Waals surface area (Å²) in [6, 6.07) is -0.0832. The first kappa shape index (κ1) is 28.1. The van der Waals surface area contributed by atoms with Crippen molar-refractivity contribution >= 4 is 52.2 Å². The van der Waals surface area contributed by atoms with Crippen LogP contribution in [0.1, 0.15) is 78.7 Å². The second-order valence-electron chi connectivity index (χ2n) is 9.76. The predicted molar refractivity (Wildman–Crippen MR) is 140 cm³/mol. The molecule has 12 heteroatoms. The van der Waals surface area contributed by atoms with E-state index in [4.69, 9.17) is 4.98 Å². The van der Waals surface area contributed by atoms with E-state index in [0.717, 1.165) is 50.4 Å². The van der Waals surface area contributed by atoms with Crippen LogP contribution in [-0.4, -0.2) is 64.7 Å². The third-order valence-corrected chi connectivity index (χ3v) is 8.51. The van der Waals surface area contributed by atoms with E-state index in [1.54, 1.807) is 22.2 Å². The molecule has 1 saturated heterocycles. The Morgan fingerprint density at radius 3 is 2.37 bits per heavy atom. The van der Waals surface area contributed by atoms with Crippen molar-refractivity contribution in [3.05, 3.63) is 23.1 Å². The van der Waals surface area contributed by atoms with Crippen molar-refractivity contribution in [2.24, 2.45) is 0 Å². The van der Waals surface area contributed by atoms with E-state index in [-0.39, 0.29) is 49.6 Å². The molecule has 1 amide bonds. The van der Waals surface area contributed by atoms with Crippen LogP contribution in [0.4, 0.5) is 18.9 Å². The lowest BCUT2D eigenvalue weighted by Gasteiger charge is -2.35. The molecule has 3 heterocycles. The fraction of sp³-hybridized carbons (Fsp3) is 0.696. The average Bonchev–Trinajstić information content (AvgIpc) is 3.31. The number of anilines is 2. The Morgan fingerprint density at radius 2 is 1.77 bits per heavy atom. The minimum absolute atomic E-state index is 0. The zero-order chi connectivity index (χ0) is 23.2. The molecule has 0 unspecified atom stereocenters. The summed E-state index contributed by atoms with van der Waals surface area (Å²) in [5.41, 5.74) is 2.33. The van der Waals surface area contributed by atoms with E-state index in [1.165, 1.54) is 11.4 Å². The quantitative estimate of drug-likeness (QED) is 0.531. The van der Waals surface area contributed by atoms with Crippen molar-refractivity contribution in [3.63, 3.8) is 0 Å². The van der Waals surface area contributed by atoms with Crippen LogP contribution in [0.3, 0.4) is 0 Å². The molecule has 5 rings (SSSR count). The largest absolute Gasteiger partial charge is 0.359 e. The van der Waals surface area contributed by atoms with Crippen molar-refractivity contribution in [1.29, 1.82) is 0 Å². The van der Waals surface area contributed by atoms with E-state index in [9.17, 15) is 13.6 Å². The number of nitrogens with zero attached hydrogens (tertiary/aromatic N) is 5. The highest BCUT2D eigenvalue weighted by Gasteiger charge is 2.36. The Hall–Kier alpha value is -1.49. The van der Waals surface area contributed by atoms with Gasteiger partial charge in [-0.1, -0.05) is 17.8 Å². The van der Waals surface area contributed by atoms with Crippen LogP contribution >= 0.6 is 36.2 Å². The van der Waals surface area contributed by atoms with Gasteiger partial charge >= 0.3 is 0 Å². The first-order valence-electron chi connectivity index (χ1n) is 12.0. The maximum absolute atomic E-state index is 13.5. The average molecular weight is 552 g/mol. The van der Waals surface area contributed by atoms with Gasteiger partial charge in [-0.05, 0) is 39.7 Å². The van der Waals surface area contributed by atoms with Gasteiger partial charge in [0.05, 0.1) is 23.5 Å². The molecule has 0 spiro atoms. The summed E-state index contributed by atoms with van der Waals surface area (Å²) in [5.74, 6) is -2.34. The number of carbonyl (C=O) groups is 1. The molecule has 3 fully saturated rings. The Labute approximate surface area is 221 Å². The van der Waals surface area contributed by atoms with Crippen LogP contribution in [0.2, 0.25) is 0 Å². The van der Waals surface area contributed by atoms with Crippen molar-refractivity contribution in [3.8, 4) is 0 Å². The summed E-state index contributed by atoms with van der Waals surface area (Å²) in [7, 11) is 2.14. The molecule has 0 bridgehead atoms. The second kappa shape index (κ2) is 11.3. The van der Waals surface area contributed by atoms with Gasteiger partial charge in [-0.15, -0.1) is 24.8 Å². The molecule has 1 N–H and O–H groups in total. The smallest absolute Gasteiger partial charge is 0.260 e. The maximum Gasteiger partial charge on any atom is 0.260 e. The molecular formula is C23H34Cl2F2N6OS. The number of hydrogen-bond acceptors (Lipinski definition) is 6.